The van der Waals surface area contributed by atoms with E-state index in [0.29, 0.717) is 0 Å². The standard InChI is InChI=1S/C47H34N2/c1-33-23-24-36-15-8-9-18-41(36)46(33)37-27-31-40(32-28-37)49-43-20-11-10-19-42(43)47-44(21-12-22-45(47)49)48(38-16-6-3-7-17-38)39-29-25-35(26-30-39)34-13-4-2-5-14-34/h2-32H,1H3. The second kappa shape index (κ2) is 12.0. The van der Waals surface area contributed by atoms with Crippen molar-refractivity contribution in [1.82, 2.24) is 4.57 Å². The van der Waals surface area contributed by atoms with E-state index in [4.69, 9.17) is 0 Å². The van der Waals surface area contributed by atoms with Gasteiger partial charge in [0.2, 0.25) is 0 Å². The van der Waals surface area contributed by atoms with Crippen LogP contribution in [0.4, 0.5) is 17.1 Å². The Hall–Kier alpha value is -6.38. The lowest BCUT2D eigenvalue weighted by Gasteiger charge is -2.26. The summed E-state index contributed by atoms with van der Waals surface area (Å²) in [6, 6.07) is 67.9. The Labute approximate surface area is 286 Å². The van der Waals surface area contributed by atoms with Crippen molar-refractivity contribution in [2.75, 3.05) is 4.90 Å². The monoisotopic (exact) mass is 626 g/mol. The van der Waals surface area contributed by atoms with Gasteiger partial charge in [-0.05, 0) is 100 Å². The van der Waals surface area contributed by atoms with Crippen LogP contribution in [0.5, 0.6) is 0 Å². The Morgan fingerprint density at radius 3 is 1.78 bits per heavy atom. The number of hydrogen-bond acceptors (Lipinski definition) is 1. The molecule has 0 aliphatic heterocycles. The third kappa shape index (κ3) is 4.97. The molecule has 0 saturated heterocycles. The van der Waals surface area contributed by atoms with Crippen LogP contribution in [0.15, 0.2) is 188 Å². The molecule has 1 heterocycles. The Kier molecular flexibility index (Phi) is 7.06. The Balaban J connectivity index is 1.22. The molecule has 0 fully saturated rings. The maximum absolute atomic E-state index is 2.41. The Morgan fingerprint density at radius 1 is 0.408 bits per heavy atom. The van der Waals surface area contributed by atoms with Crippen molar-refractivity contribution in [2.45, 2.75) is 6.92 Å². The summed E-state index contributed by atoms with van der Waals surface area (Å²) in [5, 5.41) is 5.00. The minimum Gasteiger partial charge on any atom is -0.310 e. The smallest absolute Gasteiger partial charge is 0.0562 e. The van der Waals surface area contributed by atoms with Gasteiger partial charge >= 0.3 is 0 Å². The zero-order valence-electron chi connectivity index (χ0n) is 27.3. The van der Waals surface area contributed by atoms with E-state index in [9.17, 15) is 0 Å². The third-order valence-corrected chi connectivity index (χ3v) is 9.72. The van der Waals surface area contributed by atoms with Crippen molar-refractivity contribution < 1.29 is 0 Å². The first kappa shape index (κ1) is 28.8. The van der Waals surface area contributed by atoms with Crippen molar-refractivity contribution in [2.24, 2.45) is 0 Å². The first-order valence-corrected chi connectivity index (χ1v) is 16.9. The lowest BCUT2D eigenvalue weighted by molar-refractivity contribution is 1.18. The van der Waals surface area contributed by atoms with Crippen molar-refractivity contribution in [3.63, 3.8) is 0 Å². The maximum Gasteiger partial charge on any atom is 0.0562 e. The molecule has 0 N–H and O–H groups in total. The SMILES string of the molecule is Cc1ccc2ccccc2c1-c1ccc(-n2c3ccccc3c3c(N(c4ccccc4)c4ccc(-c5ccccc5)cc4)cccc32)cc1. The van der Waals surface area contributed by atoms with Gasteiger partial charge in [0.25, 0.3) is 0 Å². The van der Waals surface area contributed by atoms with Gasteiger partial charge in [0.1, 0.15) is 0 Å². The molecule has 2 heteroatoms. The molecular formula is C47H34N2. The molecular weight excluding hydrogens is 593 g/mol. The zero-order valence-corrected chi connectivity index (χ0v) is 27.3. The van der Waals surface area contributed by atoms with E-state index >= 15 is 0 Å². The van der Waals surface area contributed by atoms with Gasteiger partial charge in [-0.2, -0.15) is 0 Å². The highest BCUT2D eigenvalue weighted by Gasteiger charge is 2.21. The minimum atomic E-state index is 1.12. The van der Waals surface area contributed by atoms with Crippen LogP contribution >= 0.6 is 0 Å². The highest BCUT2D eigenvalue weighted by molar-refractivity contribution is 6.16. The number of nitrogens with zero attached hydrogens (tertiary/aromatic N) is 2. The van der Waals surface area contributed by atoms with Crippen molar-refractivity contribution >= 4 is 49.6 Å². The molecule has 0 radical (unpaired) electrons. The first-order valence-electron chi connectivity index (χ1n) is 16.9. The molecule has 0 bridgehead atoms. The molecule has 232 valence electrons. The molecule has 0 spiro atoms. The summed E-state index contributed by atoms with van der Waals surface area (Å²) in [6.45, 7) is 2.21. The van der Waals surface area contributed by atoms with E-state index < -0.39 is 0 Å². The van der Waals surface area contributed by atoms with Gasteiger partial charge in [0, 0.05) is 27.8 Å². The normalized spacial score (nSPS) is 11.4. The summed E-state index contributed by atoms with van der Waals surface area (Å²) in [5.41, 5.74) is 13.1. The fourth-order valence-corrected chi connectivity index (χ4v) is 7.44. The van der Waals surface area contributed by atoms with Crippen molar-refractivity contribution in [1.29, 1.82) is 0 Å². The van der Waals surface area contributed by atoms with Gasteiger partial charge < -0.3 is 9.47 Å². The highest BCUT2D eigenvalue weighted by atomic mass is 15.1. The number of aromatic nitrogens is 1. The molecule has 0 atom stereocenters. The molecule has 1 aromatic heterocycles. The van der Waals surface area contributed by atoms with Crippen LogP contribution < -0.4 is 4.90 Å². The van der Waals surface area contributed by atoms with Crippen LogP contribution in [-0.2, 0) is 0 Å². The Bertz CT molecular complexity index is 2580. The molecule has 0 aliphatic rings. The largest absolute Gasteiger partial charge is 0.310 e. The summed E-state index contributed by atoms with van der Waals surface area (Å²) in [7, 11) is 0. The van der Waals surface area contributed by atoms with Gasteiger partial charge in [-0.3, -0.25) is 0 Å². The molecule has 2 nitrogen and oxygen atoms in total. The van der Waals surface area contributed by atoms with E-state index in [1.807, 2.05) is 0 Å². The predicted molar refractivity (Wildman–Crippen MR) is 209 cm³/mol. The summed E-state index contributed by atoms with van der Waals surface area (Å²) in [4.78, 5) is 2.39. The fraction of sp³-hybridized carbons (Fsp3) is 0.0213. The summed E-state index contributed by atoms with van der Waals surface area (Å²) in [6.07, 6.45) is 0. The fourth-order valence-electron chi connectivity index (χ4n) is 7.44. The summed E-state index contributed by atoms with van der Waals surface area (Å²) >= 11 is 0. The van der Waals surface area contributed by atoms with Crippen molar-refractivity contribution in [3.05, 3.63) is 194 Å². The van der Waals surface area contributed by atoms with Gasteiger partial charge in [0.05, 0.1) is 16.7 Å². The van der Waals surface area contributed by atoms with Crippen molar-refractivity contribution in [3.8, 4) is 27.9 Å². The van der Waals surface area contributed by atoms with E-state index in [2.05, 4.69) is 204 Å². The molecule has 8 aromatic carbocycles. The molecule has 9 rings (SSSR count). The maximum atomic E-state index is 2.41. The molecule has 0 unspecified atom stereocenters. The van der Waals surface area contributed by atoms with Crippen LogP contribution in [0.25, 0.3) is 60.5 Å². The van der Waals surface area contributed by atoms with E-state index in [-0.39, 0.29) is 0 Å². The van der Waals surface area contributed by atoms with E-state index in [1.54, 1.807) is 0 Å². The number of aryl methyl sites for hydroxylation is 1. The lowest BCUT2D eigenvalue weighted by atomic mass is 9.94. The highest BCUT2D eigenvalue weighted by Crippen LogP contribution is 2.44. The minimum absolute atomic E-state index is 1.12. The van der Waals surface area contributed by atoms with Crippen LogP contribution in [0.2, 0.25) is 0 Å². The topological polar surface area (TPSA) is 8.17 Å². The van der Waals surface area contributed by atoms with Gasteiger partial charge in [-0.15, -0.1) is 0 Å². The third-order valence-electron chi connectivity index (χ3n) is 9.72. The molecule has 49 heavy (non-hydrogen) atoms. The van der Waals surface area contributed by atoms with Crippen LogP contribution in [0, 0.1) is 6.92 Å². The number of benzene rings is 8. The average Bonchev–Trinajstić information content (AvgIpc) is 3.51. The number of rotatable bonds is 6. The lowest BCUT2D eigenvalue weighted by Crippen LogP contribution is -2.10. The summed E-state index contributed by atoms with van der Waals surface area (Å²) < 4.78 is 2.41. The molecule has 0 aliphatic carbocycles. The number of fused-ring (bicyclic) bond motifs is 4. The second-order valence-electron chi connectivity index (χ2n) is 12.6. The van der Waals surface area contributed by atoms with Gasteiger partial charge in [-0.25, -0.2) is 0 Å². The zero-order chi connectivity index (χ0) is 32.7. The van der Waals surface area contributed by atoms with Gasteiger partial charge in [-0.1, -0.05) is 133 Å². The predicted octanol–water partition coefficient (Wildman–Crippen LogP) is 13.0. The summed E-state index contributed by atoms with van der Waals surface area (Å²) in [5.74, 6) is 0. The molecule has 0 saturated carbocycles. The van der Waals surface area contributed by atoms with Crippen LogP contribution in [0.3, 0.4) is 0 Å². The number of anilines is 3. The van der Waals surface area contributed by atoms with E-state index in [1.165, 1.54) is 60.4 Å². The van der Waals surface area contributed by atoms with Gasteiger partial charge in [0.15, 0.2) is 0 Å². The molecule has 0 amide bonds. The Morgan fingerprint density at radius 2 is 1.00 bits per heavy atom. The number of para-hydroxylation sites is 2. The average molecular weight is 627 g/mol. The van der Waals surface area contributed by atoms with Crippen LogP contribution in [-0.4, -0.2) is 4.57 Å². The molecule has 9 aromatic rings. The van der Waals surface area contributed by atoms with E-state index in [0.717, 1.165) is 22.7 Å². The first-order chi connectivity index (χ1) is 24.2. The van der Waals surface area contributed by atoms with Crippen LogP contribution in [0.1, 0.15) is 5.56 Å². The second-order valence-corrected chi connectivity index (χ2v) is 12.6. The quantitative estimate of drug-likeness (QED) is 0.178. The number of hydrogen-bond donors (Lipinski definition) is 0.